The molecule has 1 aromatic heterocycles. The molecule has 0 spiro atoms. The number of benzene rings is 2. The van der Waals surface area contributed by atoms with E-state index in [0.29, 0.717) is 0 Å². The molecular weight excluding hydrogens is 334 g/mol. The van der Waals surface area contributed by atoms with Gasteiger partial charge in [0.1, 0.15) is 0 Å². The second kappa shape index (κ2) is 5.97. The summed E-state index contributed by atoms with van der Waals surface area (Å²) in [7, 11) is 1.44. The van der Waals surface area contributed by atoms with Crippen molar-refractivity contribution in [1.29, 1.82) is 0 Å². The van der Waals surface area contributed by atoms with Gasteiger partial charge in [-0.2, -0.15) is 0 Å². The Kier molecular flexibility index (Phi) is 3.96. The third-order valence-corrected chi connectivity index (χ3v) is 3.92. The summed E-state index contributed by atoms with van der Waals surface area (Å²) < 4.78 is 28.4. The topological polar surface area (TPSA) is 81.3 Å². The van der Waals surface area contributed by atoms with E-state index >= 15 is 0 Å². The van der Waals surface area contributed by atoms with E-state index in [1.807, 2.05) is 0 Å². The standard InChI is InChI=1S/C17H12F2N2O4/c1-20-14-5-3-10(16(23)24)7-11(14)15(22)21(17(20)25)8-9-2-4-12(18)13(19)6-9/h2-7H,8H2,1H3,(H,23,24). The molecule has 0 saturated carbocycles. The van der Waals surface area contributed by atoms with Gasteiger partial charge in [0.2, 0.25) is 0 Å². The molecule has 1 N–H and O–H groups in total. The van der Waals surface area contributed by atoms with Gasteiger partial charge in [0.05, 0.1) is 23.0 Å². The van der Waals surface area contributed by atoms with Crippen LogP contribution in [-0.4, -0.2) is 20.2 Å². The molecule has 0 aliphatic heterocycles. The van der Waals surface area contributed by atoms with Crippen LogP contribution in [0, 0.1) is 11.6 Å². The summed E-state index contributed by atoms with van der Waals surface area (Å²) in [5.74, 6) is -3.33. The zero-order chi connectivity index (χ0) is 18.3. The number of nitrogens with zero attached hydrogens (tertiary/aromatic N) is 2. The lowest BCUT2D eigenvalue weighted by molar-refractivity contribution is 0.0697. The van der Waals surface area contributed by atoms with Gasteiger partial charge >= 0.3 is 11.7 Å². The van der Waals surface area contributed by atoms with Gasteiger partial charge in [0.15, 0.2) is 11.6 Å². The van der Waals surface area contributed by atoms with Gasteiger partial charge in [-0.15, -0.1) is 0 Å². The molecule has 0 fully saturated rings. The quantitative estimate of drug-likeness (QED) is 0.783. The minimum absolute atomic E-state index is 0.0459. The zero-order valence-electron chi connectivity index (χ0n) is 13.0. The number of aryl methyl sites for hydroxylation is 1. The van der Waals surface area contributed by atoms with Gasteiger partial charge < -0.3 is 5.11 Å². The van der Waals surface area contributed by atoms with Crippen molar-refractivity contribution in [3.05, 3.63) is 80.0 Å². The molecule has 128 valence electrons. The minimum Gasteiger partial charge on any atom is -0.478 e. The highest BCUT2D eigenvalue weighted by atomic mass is 19.2. The average molecular weight is 346 g/mol. The third kappa shape index (κ3) is 2.82. The Balaban J connectivity index is 2.24. The van der Waals surface area contributed by atoms with Gasteiger partial charge in [0.25, 0.3) is 5.56 Å². The van der Waals surface area contributed by atoms with Crippen molar-refractivity contribution < 1.29 is 18.7 Å². The van der Waals surface area contributed by atoms with Crippen LogP contribution in [0.1, 0.15) is 15.9 Å². The van der Waals surface area contributed by atoms with Crippen LogP contribution in [0.3, 0.4) is 0 Å². The number of carbonyl (C=O) groups is 1. The maximum atomic E-state index is 13.3. The van der Waals surface area contributed by atoms with Crippen LogP contribution in [0.5, 0.6) is 0 Å². The first-order valence-corrected chi connectivity index (χ1v) is 7.20. The summed E-state index contributed by atoms with van der Waals surface area (Å²) in [6.45, 7) is -0.268. The number of aromatic nitrogens is 2. The van der Waals surface area contributed by atoms with Gasteiger partial charge in [-0.05, 0) is 35.9 Å². The number of halogens is 2. The number of rotatable bonds is 3. The molecule has 8 heteroatoms. The lowest BCUT2D eigenvalue weighted by Crippen LogP contribution is -2.39. The second-order valence-corrected chi connectivity index (χ2v) is 5.52. The van der Waals surface area contributed by atoms with Crippen molar-refractivity contribution >= 4 is 16.9 Å². The predicted molar refractivity (Wildman–Crippen MR) is 85.9 cm³/mol. The SMILES string of the molecule is Cn1c(=O)n(Cc2ccc(F)c(F)c2)c(=O)c2cc(C(=O)O)ccc21. The third-order valence-electron chi connectivity index (χ3n) is 3.92. The average Bonchev–Trinajstić information content (AvgIpc) is 2.59. The van der Waals surface area contributed by atoms with Crippen LogP contribution in [-0.2, 0) is 13.6 Å². The lowest BCUT2D eigenvalue weighted by Gasteiger charge is -2.11. The second-order valence-electron chi connectivity index (χ2n) is 5.52. The highest BCUT2D eigenvalue weighted by molar-refractivity contribution is 5.93. The van der Waals surface area contributed by atoms with E-state index in [9.17, 15) is 23.2 Å². The van der Waals surface area contributed by atoms with E-state index in [2.05, 4.69) is 0 Å². The van der Waals surface area contributed by atoms with E-state index in [1.54, 1.807) is 0 Å². The first kappa shape index (κ1) is 16.6. The molecule has 6 nitrogen and oxygen atoms in total. The van der Waals surface area contributed by atoms with Crippen LogP contribution in [0.2, 0.25) is 0 Å². The number of fused-ring (bicyclic) bond motifs is 1. The van der Waals surface area contributed by atoms with Crippen molar-refractivity contribution in [3.63, 3.8) is 0 Å². The van der Waals surface area contributed by atoms with Gasteiger partial charge in [-0.25, -0.2) is 18.4 Å². The minimum atomic E-state index is -1.21. The molecule has 0 amide bonds. The highest BCUT2D eigenvalue weighted by Gasteiger charge is 2.14. The molecule has 0 aliphatic rings. The zero-order valence-corrected chi connectivity index (χ0v) is 13.0. The fourth-order valence-electron chi connectivity index (χ4n) is 2.61. The van der Waals surface area contributed by atoms with E-state index < -0.39 is 28.9 Å². The maximum Gasteiger partial charge on any atom is 0.335 e. The molecule has 0 radical (unpaired) electrons. The Hall–Kier alpha value is -3.29. The summed E-state index contributed by atoms with van der Waals surface area (Å²) in [4.78, 5) is 36.1. The smallest absolute Gasteiger partial charge is 0.335 e. The van der Waals surface area contributed by atoms with Crippen LogP contribution >= 0.6 is 0 Å². The summed E-state index contributed by atoms with van der Waals surface area (Å²) in [5.41, 5.74) is -0.938. The van der Waals surface area contributed by atoms with Crippen molar-refractivity contribution in [2.24, 2.45) is 7.05 Å². The summed E-state index contributed by atoms with van der Waals surface area (Å²) in [5, 5.41) is 9.11. The Morgan fingerprint density at radius 2 is 1.80 bits per heavy atom. The van der Waals surface area contributed by atoms with Gasteiger partial charge in [0, 0.05) is 7.05 Å². The van der Waals surface area contributed by atoms with Gasteiger partial charge in [-0.3, -0.25) is 13.9 Å². The van der Waals surface area contributed by atoms with Crippen LogP contribution in [0.15, 0.2) is 46.0 Å². The highest BCUT2D eigenvalue weighted by Crippen LogP contribution is 2.12. The van der Waals surface area contributed by atoms with Crippen molar-refractivity contribution in [1.82, 2.24) is 9.13 Å². The number of carboxylic acids is 1. The van der Waals surface area contributed by atoms with E-state index in [0.717, 1.165) is 16.7 Å². The normalized spacial score (nSPS) is 11.0. The maximum absolute atomic E-state index is 13.3. The fourth-order valence-corrected chi connectivity index (χ4v) is 2.61. The molecule has 0 saturated heterocycles. The largest absolute Gasteiger partial charge is 0.478 e. The molecule has 0 aliphatic carbocycles. The summed E-state index contributed by atoms with van der Waals surface area (Å²) in [6, 6.07) is 6.93. The molecular formula is C17H12F2N2O4. The van der Waals surface area contributed by atoms with E-state index in [4.69, 9.17) is 5.11 Å². The molecule has 3 rings (SSSR count). The Morgan fingerprint density at radius 3 is 2.44 bits per heavy atom. The molecule has 0 bridgehead atoms. The van der Waals surface area contributed by atoms with Crippen molar-refractivity contribution in [3.8, 4) is 0 Å². The Morgan fingerprint density at radius 1 is 1.08 bits per heavy atom. The van der Waals surface area contributed by atoms with Crippen LogP contribution in [0.25, 0.3) is 10.9 Å². The Labute approximate surface area is 139 Å². The van der Waals surface area contributed by atoms with E-state index in [-0.39, 0.29) is 28.6 Å². The number of hydrogen-bond donors (Lipinski definition) is 1. The monoisotopic (exact) mass is 346 g/mol. The molecule has 0 unspecified atom stereocenters. The van der Waals surface area contributed by atoms with Gasteiger partial charge in [-0.1, -0.05) is 6.07 Å². The first-order chi connectivity index (χ1) is 11.8. The molecule has 3 aromatic rings. The van der Waals surface area contributed by atoms with Crippen LogP contribution in [0.4, 0.5) is 8.78 Å². The first-order valence-electron chi connectivity index (χ1n) is 7.20. The molecule has 25 heavy (non-hydrogen) atoms. The molecule has 2 aromatic carbocycles. The Bertz CT molecular complexity index is 1130. The van der Waals surface area contributed by atoms with E-state index in [1.165, 1.54) is 35.9 Å². The number of hydrogen-bond acceptors (Lipinski definition) is 3. The molecule has 0 atom stereocenters. The predicted octanol–water partition coefficient (Wildman–Crippen LogP) is 1.72. The van der Waals surface area contributed by atoms with Crippen LogP contribution < -0.4 is 11.2 Å². The lowest BCUT2D eigenvalue weighted by atomic mass is 10.1. The van der Waals surface area contributed by atoms with Crippen molar-refractivity contribution in [2.45, 2.75) is 6.54 Å². The molecule has 1 heterocycles. The summed E-state index contributed by atoms with van der Waals surface area (Å²) in [6.07, 6.45) is 0. The fraction of sp³-hybridized carbons (Fsp3) is 0.118. The number of aromatic carboxylic acids is 1. The summed E-state index contributed by atoms with van der Waals surface area (Å²) >= 11 is 0. The van der Waals surface area contributed by atoms with Crippen molar-refractivity contribution in [2.75, 3.05) is 0 Å². The number of carboxylic acid groups (broad SMARTS) is 1.